The number of rotatable bonds is 6. The van der Waals surface area contributed by atoms with Gasteiger partial charge in [-0.05, 0) is 51.5 Å². The number of aliphatic carboxylic acids is 1. The predicted octanol–water partition coefficient (Wildman–Crippen LogP) is 2.99. The summed E-state index contributed by atoms with van der Waals surface area (Å²) in [6.07, 6.45) is -0.0793. The molecule has 6 heteroatoms. The lowest BCUT2D eigenvalue weighted by Crippen LogP contribution is -2.29. The van der Waals surface area contributed by atoms with Crippen molar-refractivity contribution in [2.75, 3.05) is 5.32 Å². The van der Waals surface area contributed by atoms with Crippen LogP contribution in [0.4, 0.5) is 5.69 Å². The second kappa shape index (κ2) is 6.86. The number of carboxylic acids is 1. The number of carbonyl (C=O) groups excluding carboxylic acids is 1. The number of nitrogens with one attached hydrogen (secondary N) is 1. The summed E-state index contributed by atoms with van der Waals surface area (Å²) in [6, 6.07) is 9.50. The lowest BCUT2D eigenvalue weighted by atomic mass is 9.89. The third-order valence-corrected chi connectivity index (χ3v) is 3.83. The molecule has 2 rings (SSSR count). The largest absolute Gasteiger partial charge is 0.481 e. The van der Waals surface area contributed by atoms with Gasteiger partial charge in [0.1, 0.15) is 0 Å². The Balaban J connectivity index is 2.06. The van der Waals surface area contributed by atoms with Crippen LogP contribution < -0.4 is 5.32 Å². The third kappa shape index (κ3) is 4.44. The van der Waals surface area contributed by atoms with Gasteiger partial charge < -0.3 is 10.4 Å². The molecule has 0 saturated heterocycles. The number of aryl methyl sites for hydroxylation is 2. The smallest absolute Gasteiger partial charge is 0.309 e. The van der Waals surface area contributed by atoms with Crippen LogP contribution >= 0.6 is 0 Å². The highest BCUT2D eigenvalue weighted by Gasteiger charge is 2.30. The Morgan fingerprint density at radius 2 is 1.96 bits per heavy atom. The van der Waals surface area contributed by atoms with E-state index in [1.54, 1.807) is 6.07 Å². The predicted molar refractivity (Wildman–Crippen MR) is 91.9 cm³/mol. The summed E-state index contributed by atoms with van der Waals surface area (Å²) < 4.78 is 1.91. The Morgan fingerprint density at radius 1 is 1.25 bits per heavy atom. The summed E-state index contributed by atoms with van der Waals surface area (Å²) in [5, 5.41) is 16.3. The van der Waals surface area contributed by atoms with E-state index in [9.17, 15) is 9.59 Å². The first kappa shape index (κ1) is 17.7. The molecular weight excluding hydrogens is 306 g/mol. The first-order valence-corrected chi connectivity index (χ1v) is 7.80. The van der Waals surface area contributed by atoms with Crippen LogP contribution in [0.25, 0.3) is 0 Å². The molecule has 2 aromatic rings. The molecule has 128 valence electrons. The highest BCUT2D eigenvalue weighted by Crippen LogP contribution is 2.22. The lowest BCUT2D eigenvalue weighted by molar-refractivity contribution is -0.148. The van der Waals surface area contributed by atoms with Gasteiger partial charge in [0.2, 0.25) is 5.91 Å². The van der Waals surface area contributed by atoms with Gasteiger partial charge in [-0.25, -0.2) is 0 Å². The van der Waals surface area contributed by atoms with Crippen molar-refractivity contribution in [2.24, 2.45) is 5.41 Å². The van der Waals surface area contributed by atoms with E-state index in [0.717, 1.165) is 17.0 Å². The molecule has 2 N–H and O–H groups in total. The molecule has 1 aromatic carbocycles. The van der Waals surface area contributed by atoms with Gasteiger partial charge in [-0.3, -0.25) is 14.3 Å². The minimum atomic E-state index is -1.09. The van der Waals surface area contributed by atoms with Crippen molar-refractivity contribution in [2.45, 2.75) is 40.7 Å². The first-order valence-electron chi connectivity index (χ1n) is 7.80. The molecule has 1 amide bonds. The van der Waals surface area contributed by atoms with Crippen LogP contribution in [0.3, 0.4) is 0 Å². The second-order valence-corrected chi connectivity index (χ2v) is 6.70. The summed E-state index contributed by atoms with van der Waals surface area (Å²) in [6.45, 7) is 7.64. The van der Waals surface area contributed by atoms with E-state index in [0.29, 0.717) is 12.2 Å². The number of carboxylic acid groups (broad SMARTS) is 1. The molecule has 0 radical (unpaired) electrons. The number of hydrogen-bond donors (Lipinski definition) is 2. The molecule has 0 aliphatic carbocycles. The van der Waals surface area contributed by atoms with Crippen LogP contribution in [0.5, 0.6) is 0 Å². The topological polar surface area (TPSA) is 84.2 Å². The summed E-state index contributed by atoms with van der Waals surface area (Å²) in [5.41, 5.74) is 2.61. The SMILES string of the molecule is Cc1cc(C)n(Cc2cccc(NC(=O)CC(C)(C)C(=O)O)c2)n1. The van der Waals surface area contributed by atoms with Crippen LogP contribution in [-0.2, 0) is 16.1 Å². The molecule has 1 aromatic heterocycles. The minimum Gasteiger partial charge on any atom is -0.481 e. The van der Waals surface area contributed by atoms with E-state index in [1.165, 1.54) is 13.8 Å². The lowest BCUT2D eigenvalue weighted by Gasteiger charge is -2.18. The van der Waals surface area contributed by atoms with Crippen molar-refractivity contribution < 1.29 is 14.7 Å². The van der Waals surface area contributed by atoms with Crippen molar-refractivity contribution in [1.82, 2.24) is 9.78 Å². The molecule has 0 spiro atoms. The summed E-state index contributed by atoms with van der Waals surface area (Å²) in [7, 11) is 0. The maximum atomic E-state index is 12.1. The Kier molecular flexibility index (Phi) is 5.07. The number of aromatic nitrogens is 2. The van der Waals surface area contributed by atoms with Gasteiger partial charge in [-0.15, -0.1) is 0 Å². The summed E-state index contributed by atoms with van der Waals surface area (Å²) >= 11 is 0. The van der Waals surface area contributed by atoms with E-state index >= 15 is 0 Å². The molecule has 0 unspecified atom stereocenters. The van der Waals surface area contributed by atoms with Gasteiger partial charge in [0.15, 0.2) is 0 Å². The molecule has 0 bridgehead atoms. The number of anilines is 1. The fraction of sp³-hybridized carbons (Fsp3) is 0.389. The maximum Gasteiger partial charge on any atom is 0.309 e. The highest BCUT2D eigenvalue weighted by molar-refractivity contribution is 5.94. The average molecular weight is 329 g/mol. The van der Waals surface area contributed by atoms with Gasteiger partial charge in [-0.2, -0.15) is 5.10 Å². The van der Waals surface area contributed by atoms with Crippen molar-refractivity contribution in [3.63, 3.8) is 0 Å². The number of amides is 1. The van der Waals surface area contributed by atoms with Crippen molar-refractivity contribution in [3.8, 4) is 0 Å². The minimum absolute atomic E-state index is 0.0793. The zero-order valence-electron chi connectivity index (χ0n) is 14.5. The average Bonchev–Trinajstić information content (AvgIpc) is 2.76. The highest BCUT2D eigenvalue weighted by atomic mass is 16.4. The second-order valence-electron chi connectivity index (χ2n) is 6.70. The van der Waals surface area contributed by atoms with Crippen molar-refractivity contribution >= 4 is 17.6 Å². The third-order valence-electron chi connectivity index (χ3n) is 3.83. The molecule has 6 nitrogen and oxygen atoms in total. The summed E-state index contributed by atoms with van der Waals surface area (Å²) in [5.74, 6) is -1.30. The molecule has 0 aliphatic heterocycles. The van der Waals surface area contributed by atoms with Crippen LogP contribution in [-0.4, -0.2) is 26.8 Å². The first-order chi connectivity index (χ1) is 11.2. The fourth-order valence-corrected chi connectivity index (χ4v) is 2.44. The van der Waals surface area contributed by atoms with E-state index in [4.69, 9.17) is 5.11 Å². The Labute approximate surface area is 141 Å². The number of carbonyl (C=O) groups is 2. The van der Waals surface area contributed by atoms with Gasteiger partial charge in [0, 0.05) is 17.8 Å². The number of benzene rings is 1. The molecule has 24 heavy (non-hydrogen) atoms. The molecule has 0 atom stereocenters. The van der Waals surface area contributed by atoms with Crippen LogP contribution in [0.2, 0.25) is 0 Å². The maximum absolute atomic E-state index is 12.1. The molecule has 0 aliphatic rings. The van der Waals surface area contributed by atoms with Crippen LogP contribution in [0, 0.1) is 19.3 Å². The quantitative estimate of drug-likeness (QED) is 0.853. The molecular formula is C18H23N3O3. The van der Waals surface area contributed by atoms with Gasteiger partial charge in [0.05, 0.1) is 17.7 Å². The molecule has 1 heterocycles. The Morgan fingerprint density at radius 3 is 2.54 bits per heavy atom. The zero-order valence-corrected chi connectivity index (χ0v) is 14.5. The Hall–Kier alpha value is -2.63. The number of nitrogens with zero attached hydrogens (tertiary/aromatic N) is 2. The van der Waals surface area contributed by atoms with Crippen LogP contribution in [0.1, 0.15) is 37.2 Å². The van der Waals surface area contributed by atoms with Gasteiger partial charge in [-0.1, -0.05) is 12.1 Å². The van der Waals surface area contributed by atoms with E-state index in [1.807, 2.05) is 42.8 Å². The van der Waals surface area contributed by atoms with Crippen molar-refractivity contribution in [3.05, 3.63) is 47.3 Å². The molecule has 0 saturated carbocycles. The zero-order chi connectivity index (χ0) is 17.9. The van der Waals surface area contributed by atoms with Crippen molar-refractivity contribution in [1.29, 1.82) is 0 Å². The molecule has 0 fully saturated rings. The van der Waals surface area contributed by atoms with Gasteiger partial charge >= 0.3 is 5.97 Å². The number of hydrogen-bond acceptors (Lipinski definition) is 3. The van der Waals surface area contributed by atoms with E-state index in [-0.39, 0.29) is 12.3 Å². The normalized spacial score (nSPS) is 11.3. The summed E-state index contributed by atoms with van der Waals surface area (Å²) in [4.78, 5) is 23.2. The Bertz CT molecular complexity index is 763. The monoisotopic (exact) mass is 329 g/mol. The van der Waals surface area contributed by atoms with E-state index < -0.39 is 11.4 Å². The standard InChI is InChI=1S/C18H23N3O3/c1-12-8-13(2)21(20-12)11-14-6-5-7-15(9-14)19-16(22)10-18(3,4)17(23)24/h5-9H,10-11H2,1-4H3,(H,19,22)(H,23,24). The van der Waals surface area contributed by atoms with Gasteiger partial charge in [0.25, 0.3) is 0 Å². The van der Waals surface area contributed by atoms with Crippen LogP contribution in [0.15, 0.2) is 30.3 Å². The fourth-order valence-electron chi connectivity index (χ4n) is 2.44. The van der Waals surface area contributed by atoms with E-state index in [2.05, 4.69) is 10.4 Å².